The second-order valence-corrected chi connectivity index (χ2v) is 3.90. The van der Waals surface area contributed by atoms with Gasteiger partial charge < -0.3 is 10.2 Å². The predicted octanol–water partition coefficient (Wildman–Crippen LogP) is 1.10. The molecule has 100 valence electrons. The van der Waals surface area contributed by atoms with E-state index in [-0.39, 0.29) is 0 Å². The number of aromatic nitrogens is 4. The number of methoxy groups -OCH3 is 1. The number of nitrogen functional groups attached to an aromatic ring is 1. The van der Waals surface area contributed by atoms with Crippen LogP contribution in [0.1, 0.15) is 18.2 Å². The number of hydrogen-bond donors (Lipinski definition) is 2. The molecule has 0 spiro atoms. The first-order chi connectivity index (χ1) is 9.19. The Balaban J connectivity index is 2.53. The average Bonchev–Trinajstić information content (AvgIpc) is 2.46. The number of nitrogens with zero attached hydrogens (tertiary/aromatic N) is 4. The average molecular weight is 260 g/mol. The summed E-state index contributed by atoms with van der Waals surface area (Å²) in [6.45, 7) is 3.95. The van der Waals surface area contributed by atoms with Gasteiger partial charge >= 0.3 is 0 Å². The van der Waals surface area contributed by atoms with Gasteiger partial charge in [-0.05, 0) is 13.3 Å². The fourth-order valence-electron chi connectivity index (χ4n) is 1.83. The molecular weight excluding hydrogens is 244 g/mol. The van der Waals surface area contributed by atoms with Gasteiger partial charge in [-0.25, -0.2) is 25.8 Å². The van der Waals surface area contributed by atoms with E-state index < -0.39 is 0 Å². The molecule has 19 heavy (non-hydrogen) atoms. The lowest BCUT2D eigenvalue weighted by Crippen LogP contribution is -2.13. The summed E-state index contributed by atoms with van der Waals surface area (Å²) in [4.78, 5) is 16.9. The summed E-state index contributed by atoms with van der Waals surface area (Å²) in [6, 6.07) is 1.68. The van der Waals surface area contributed by atoms with E-state index >= 15 is 0 Å². The molecule has 7 nitrogen and oxygen atoms in total. The molecule has 0 aliphatic heterocycles. The molecular formula is C12H16N6O. The molecule has 0 unspecified atom stereocenters. The Morgan fingerprint density at radius 1 is 1.32 bits per heavy atom. The molecule has 0 radical (unpaired) electrons. The maximum absolute atomic E-state index is 5.50. The molecule has 0 saturated heterocycles. The largest absolute Gasteiger partial charge is 0.481 e. The van der Waals surface area contributed by atoms with E-state index in [0.717, 1.165) is 17.7 Å². The maximum Gasteiger partial charge on any atom is 0.216 e. The maximum atomic E-state index is 5.50. The Hall–Kier alpha value is -2.28. The zero-order chi connectivity index (χ0) is 13.8. The summed E-state index contributed by atoms with van der Waals surface area (Å²) in [5.74, 6) is 7.07. The van der Waals surface area contributed by atoms with Gasteiger partial charge in [-0.1, -0.05) is 6.92 Å². The molecule has 0 aliphatic rings. The van der Waals surface area contributed by atoms with Crippen molar-refractivity contribution in [3.8, 4) is 17.4 Å². The highest BCUT2D eigenvalue weighted by atomic mass is 16.5. The molecule has 0 bridgehead atoms. The van der Waals surface area contributed by atoms with Crippen LogP contribution in [0.15, 0.2) is 12.4 Å². The van der Waals surface area contributed by atoms with Crippen molar-refractivity contribution in [2.45, 2.75) is 20.3 Å². The number of aryl methyl sites for hydroxylation is 1. The van der Waals surface area contributed by atoms with Crippen molar-refractivity contribution in [1.82, 2.24) is 19.9 Å². The second kappa shape index (κ2) is 5.57. The van der Waals surface area contributed by atoms with Crippen LogP contribution in [-0.2, 0) is 6.42 Å². The minimum atomic E-state index is 0.466. The Kier molecular flexibility index (Phi) is 3.86. The first-order valence-electron chi connectivity index (χ1n) is 5.90. The first-order valence-corrected chi connectivity index (χ1v) is 5.90. The van der Waals surface area contributed by atoms with Crippen LogP contribution in [0.5, 0.6) is 5.88 Å². The number of hydrogen-bond acceptors (Lipinski definition) is 7. The summed E-state index contributed by atoms with van der Waals surface area (Å²) >= 11 is 0. The number of nitrogens with two attached hydrogens (primary N) is 1. The van der Waals surface area contributed by atoms with Crippen LogP contribution in [0.3, 0.4) is 0 Å². The highest BCUT2D eigenvalue weighted by molar-refractivity contribution is 5.56. The van der Waals surface area contributed by atoms with Gasteiger partial charge in [0.15, 0.2) is 5.82 Å². The van der Waals surface area contributed by atoms with E-state index in [2.05, 4.69) is 25.4 Å². The highest BCUT2D eigenvalue weighted by Gasteiger charge is 2.12. The predicted molar refractivity (Wildman–Crippen MR) is 71.5 cm³/mol. The lowest BCUT2D eigenvalue weighted by Gasteiger charge is -2.11. The fourth-order valence-corrected chi connectivity index (χ4v) is 1.83. The van der Waals surface area contributed by atoms with Crippen molar-refractivity contribution in [1.29, 1.82) is 0 Å². The third-order valence-corrected chi connectivity index (χ3v) is 2.78. The summed E-state index contributed by atoms with van der Waals surface area (Å²) < 4.78 is 5.06. The minimum Gasteiger partial charge on any atom is -0.481 e. The molecule has 3 N–H and O–H groups in total. The molecule has 0 atom stereocenters. The van der Waals surface area contributed by atoms with Crippen LogP contribution < -0.4 is 16.0 Å². The quantitative estimate of drug-likeness (QED) is 0.627. The van der Waals surface area contributed by atoms with Gasteiger partial charge in [0.25, 0.3) is 0 Å². The van der Waals surface area contributed by atoms with Gasteiger partial charge in [0.05, 0.1) is 7.11 Å². The van der Waals surface area contributed by atoms with Gasteiger partial charge in [0.1, 0.15) is 17.8 Å². The molecule has 0 saturated carbocycles. The lowest BCUT2D eigenvalue weighted by molar-refractivity contribution is 0.397. The molecule has 7 heteroatoms. The first kappa shape index (κ1) is 13.2. The number of hydrazine groups is 1. The molecule has 0 aromatic carbocycles. The molecule has 2 aromatic rings. The van der Waals surface area contributed by atoms with E-state index in [1.54, 1.807) is 13.2 Å². The highest BCUT2D eigenvalue weighted by Crippen LogP contribution is 2.22. The standard InChI is InChI=1S/C12H16N6O/c1-4-8-7(2)16-12(17-11(8)18-13)9-5-10(19-3)15-6-14-9/h5-6H,4,13H2,1-3H3,(H,16,17,18). The molecule has 0 amide bonds. The van der Waals surface area contributed by atoms with Crippen LogP contribution in [0.25, 0.3) is 11.5 Å². The number of rotatable bonds is 4. The van der Waals surface area contributed by atoms with Gasteiger partial charge in [0.2, 0.25) is 5.88 Å². The van der Waals surface area contributed by atoms with Gasteiger partial charge in [0, 0.05) is 17.3 Å². The Bertz CT molecular complexity index is 586. The third-order valence-electron chi connectivity index (χ3n) is 2.78. The fraction of sp³-hybridized carbons (Fsp3) is 0.333. The van der Waals surface area contributed by atoms with Crippen molar-refractivity contribution in [3.05, 3.63) is 23.7 Å². The van der Waals surface area contributed by atoms with Crippen LogP contribution in [0, 0.1) is 6.92 Å². The van der Waals surface area contributed by atoms with Crippen molar-refractivity contribution in [2.75, 3.05) is 12.5 Å². The SMILES string of the molecule is CCc1c(C)nc(-c2cc(OC)ncn2)nc1NN. The summed E-state index contributed by atoms with van der Waals surface area (Å²) in [5.41, 5.74) is 5.06. The van der Waals surface area contributed by atoms with Crippen LogP contribution in [0.2, 0.25) is 0 Å². The van der Waals surface area contributed by atoms with Gasteiger partial charge in [-0.3, -0.25) is 0 Å². The Morgan fingerprint density at radius 2 is 2.11 bits per heavy atom. The molecule has 2 aromatic heterocycles. The molecule has 0 fully saturated rings. The van der Waals surface area contributed by atoms with E-state index in [1.807, 2.05) is 13.8 Å². The van der Waals surface area contributed by atoms with Crippen LogP contribution in [-0.4, -0.2) is 27.0 Å². The second-order valence-electron chi connectivity index (χ2n) is 3.90. The zero-order valence-electron chi connectivity index (χ0n) is 11.1. The smallest absolute Gasteiger partial charge is 0.216 e. The molecule has 0 aliphatic carbocycles. The van der Waals surface area contributed by atoms with E-state index in [1.165, 1.54) is 6.33 Å². The normalized spacial score (nSPS) is 10.3. The lowest BCUT2D eigenvalue weighted by atomic mass is 10.1. The Morgan fingerprint density at radius 3 is 2.74 bits per heavy atom. The summed E-state index contributed by atoms with van der Waals surface area (Å²) in [7, 11) is 1.55. The van der Waals surface area contributed by atoms with Crippen molar-refractivity contribution in [3.63, 3.8) is 0 Å². The number of nitrogens with one attached hydrogen (secondary N) is 1. The van der Waals surface area contributed by atoms with Crippen molar-refractivity contribution >= 4 is 5.82 Å². The zero-order valence-corrected chi connectivity index (χ0v) is 11.1. The molecule has 2 heterocycles. The summed E-state index contributed by atoms with van der Waals surface area (Å²) in [5, 5.41) is 0. The van der Waals surface area contributed by atoms with Crippen LogP contribution in [0.4, 0.5) is 5.82 Å². The molecule has 2 rings (SSSR count). The van der Waals surface area contributed by atoms with E-state index in [4.69, 9.17) is 10.6 Å². The number of anilines is 1. The van der Waals surface area contributed by atoms with Crippen molar-refractivity contribution in [2.24, 2.45) is 5.84 Å². The van der Waals surface area contributed by atoms with Gasteiger partial charge in [-0.2, -0.15) is 0 Å². The minimum absolute atomic E-state index is 0.466. The summed E-state index contributed by atoms with van der Waals surface area (Å²) in [6.07, 6.45) is 2.22. The van der Waals surface area contributed by atoms with Gasteiger partial charge in [-0.15, -0.1) is 0 Å². The van der Waals surface area contributed by atoms with E-state index in [0.29, 0.717) is 23.2 Å². The Labute approximate surface area is 111 Å². The third kappa shape index (κ3) is 2.60. The van der Waals surface area contributed by atoms with Crippen molar-refractivity contribution < 1.29 is 4.74 Å². The van der Waals surface area contributed by atoms with E-state index in [9.17, 15) is 0 Å². The number of ether oxygens (including phenoxy) is 1. The van der Waals surface area contributed by atoms with Crippen LogP contribution >= 0.6 is 0 Å². The topological polar surface area (TPSA) is 98.8 Å². The monoisotopic (exact) mass is 260 g/mol.